The Kier molecular flexibility index (Phi) is 3.38. The first-order valence-corrected chi connectivity index (χ1v) is 6.93. The molecule has 0 saturated heterocycles. The van der Waals surface area contributed by atoms with Crippen LogP contribution in [0, 0.1) is 0 Å². The molecule has 0 amide bonds. The molecule has 0 radical (unpaired) electrons. The first-order valence-electron chi connectivity index (χ1n) is 6.55. The molecular weight excluding hydrogens is 260 g/mol. The van der Waals surface area contributed by atoms with Crippen LogP contribution in [-0.4, -0.2) is 16.6 Å². The highest BCUT2D eigenvalue weighted by Crippen LogP contribution is 2.32. The monoisotopic (exact) mass is 274 g/mol. The van der Waals surface area contributed by atoms with Crippen LogP contribution < -0.4 is 4.74 Å². The van der Waals surface area contributed by atoms with Crippen LogP contribution in [0.5, 0.6) is 5.75 Å². The Bertz CT molecular complexity index is 613. The third-order valence-electron chi connectivity index (χ3n) is 3.36. The largest absolute Gasteiger partial charge is 0.493 e. The summed E-state index contributed by atoms with van der Waals surface area (Å²) < 4.78 is 5.53. The molecule has 0 atom stereocenters. The number of nitrogens with zero attached hydrogens (tertiary/aromatic N) is 2. The molecule has 1 aliphatic rings. The molecule has 0 bridgehead atoms. The van der Waals surface area contributed by atoms with E-state index in [-0.39, 0.29) is 0 Å². The summed E-state index contributed by atoms with van der Waals surface area (Å²) in [5.74, 6) is 0.987. The number of fused-ring (bicyclic) bond motifs is 1. The number of ether oxygens (including phenoxy) is 1. The predicted octanol–water partition coefficient (Wildman–Crippen LogP) is 3.68. The van der Waals surface area contributed by atoms with Gasteiger partial charge in [-0.15, -0.1) is 0 Å². The highest BCUT2D eigenvalue weighted by molar-refractivity contribution is 6.30. The maximum absolute atomic E-state index is 6.20. The Labute approximate surface area is 117 Å². The van der Waals surface area contributed by atoms with E-state index in [1.165, 1.54) is 11.9 Å². The Hall–Kier alpha value is -1.61. The number of halogens is 1. The maximum atomic E-state index is 6.20. The highest BCUT2D eigenvalue weighted by Gasteiger charge is 2.16. The highest BCUT2D eigenvalue weighted by atomic mass is 35.5. The van der Waals surface area contributed by atoms with Crippen LogP contribution in [0.2, 0.25) is 5.15 Å². The van der Waals surface area contributed by atoms with Crippen LogP contribution >= 0.6 is 11.6 Å². The van der Waals surface area contributed by atoms with Gasteiger partial charge in [0.2, 0.25) is 0 Å². The van der Waals surface area contributed by atoms with E-state index in [9.17, 15) is 0 Å². The third kappa shape index (κ3) is 2.30. The third-order valence-corrected chi connectivity index (χ3v) is 3.68. The van der Waals surface area contributed by atoms with Gasteiger partial charge in [-0.1, -0.05) is 24.9 Å². The molecule has 0 saturated carbocycles. The lowest BCUT2D eigenvalue weighted by Crippen LogP contribution is -1.97. The second kappa shape index (κ2) is 5.17. The van der Waals surface area contributed by atoms with E-state index < -0.39 is 0 Å². The summed E-state index contributed by atoms with van der Waals surface area (Å²) in [6, 6.07) is 6.21. The van der Waals surface area contributed by atoms with E-state index >= 15 is 0 Å². The van der Waals surface area contributed by atoms with Gasteiger partial charge in [0.25, 0.3) is 0 Å². The first kappa shape index (κ1) is 12.4. The molecule has 2 aromatic rings. The minimum atomic E-state index is 0.559. The van der Waals surface area contributed by atoms with Crippen LogP contribution in [0.15, 0.2) is 24.5 Å². The summed E-state index contributed by atoms with van der Waals surface area (Å²) in [7, 11) is 0. The molecule has 0 aliphatic carbocycles. The molecule has 4 heteroatoms. The predicted molar refractivity (Wildman–Crippen MR) is 75.7 cm³/mol. The minimum Gasteiger partial charge on any atom is -0.493 e. The van der Waals surface area contributed by atoms with Crippen LogP contribution in [0.4, 0.5) is 0 Å². The van der Waals surface area contributed by atoms with Crippen molar-refractivity contribution >= 4 is 11.6 Å². The second-order valence-corrected chi connectivity index (χ2v) is 5.02. The summed E-state index contributed by atoms with van der Waals surface area (Å²) in [4.78, 5) is 8.50. The van der Waals surface area contributed by atoms with Gasteiger partial charge >= 0.3 is 0 Å². The smallest absolute Gasteiger partial charge is 0.136 e. The summed E-state index contributed by atoms with van der Waals surface area (Å²) in [6.07, 6.45) is 4.41. The van der Waals surface area contributed by atoms with Gasteiger partial charge in [-0.05, 0) is 30.2 Å². The lowest BCUT2D eigenvalue weighted by atomic mass is 10.0. The zero-order valence-electron chi connectivity index (χ0n) is 10.8. The van der Waals surface area contributed by atoms with Crippen molar-refractivity contribution in [3.05, 3.63) is 40.8 Å². The molecule has 2 heterocycles. The standard InChI is InChI=1S/C15H15ClN2O/c1-2-3-12-14(17-9-18-15(12)16)11-4-5-13-10(8-11)6-7-19-13/h4-5,8-9H,2-3,6-7H2,1H3. The van der Waals surface area contributed by atoms with Gasteiger partial charge in [-0.3, -0.25) is 0 Å². The maximum Gasteiger partial charge on any atom is 0.136 e. The molecule has 0 fully saturated rings. The fraction of sp³-hybridized carbons (Fsp3) is 0.333. The number of benzene rings is 1. The zero-order valence-corrected chi connectivity index (χ0v) is 11.6. The SMILES string of the molecule is CCCc1c(Cl)ncnc1-c1ccc2c(c1)CCO2. The lowest BCUT2D eigenvalue weighted by molar-refractivity contribution is 0.357. The van der Waals surface area contributed by atoms with E-state index in [4.69, 9.17) is 16.3 Å². The Balaban J connectivity index is 2.09. The summed E-state index contributed by atoms with van der Waals surface area (Å²) in [5, 5.41) is 0.559. The van der Waals surface area contributed by atoms with E-state index in [2.05, 4.69) is 23.0 Å². The van der Waals surface area contributed by atoms with E-state index in [0.29, 0.717) is 5.15 Å². The summed E-state index contributed by atoms with van der Waals surface area (Å²) >= 11 is 6.20. The Morgan fingerprint density at radius 3 is 3.05 bits per heavy atom. The van der Waals surface area contributed by atoms with Gasteiger partial charge in [-0.25, -0.2) is 9.97 Å². The van der Waals surface area contributed by atoms with Crippen molar-refractivity contribution in [2.45, 2.75) is 26.2 Å². The number of aromatic nitrogens is 2. The van der Waals surface area contributed by atoms with E-state index in [1.54, 1.807) is 0 Å². The number of hydrogen-bond donors (Lipinski definition) is 0. The van der Waals surface area contributed by atoms with Gasteiger partial charge in [0.05, 0.1) is 12.3 Å². The van der Waals surface area contributed by atoms with Crippen molar-refractivity contribution < 1.29 is 4.74 Å². The molecule has 1 aromatic heterocycles. The van der Waals surface area contributed by atoms with Crippen molar-refractivity contribution in [2.24, 2.45) is 0 Å². The minimum absolute atomic E-state index is 0.559. The lowest BCUT2D eigenvalue weighted by Gasteiger charge is -2.10. The van der Waals surface area contributed by atoms with Crippen molar-refractivity contribution in [1.82, 2.24) is 9.97 Å². The van der Waals surface area contributed by atoms with Crippen molar-refractivity contribution in [3.63, 3.8) is 0 Å². The Morgan fingerprint density at radius 2 is 2.21 bits per heavy atom. The average Bonchev–Trinajstić information content (AvgIpc) is 2.88. The molecule has 1 aromatic carbocycles. The van der Waals surface area contributed by atoms with Crippen molar-refractivity contribution in [3.8, 4) is 17.0 Å². The molecule has 3 nitrogen and oxygen atoms in total. The van der Waals surface area contributed by atoms with Crippen LogP contribution in [0.25, 0.3) is 11.3 Å². The molecule has 98 valence electrons. The molecule has 19 heavy (non-hydrogen) atoms. The normalized spacial score (nSPS) is 13.2. The van der Waals surface area contributed by atoms with Gasteiger partial charge in [0, 0.05) is 17.5 Å². The Morgan fingerprint density at radius 1 is 1.32 bits per heavy atom. The van der Waals surface area contributed by atoms with Gasteiger partial charge in [-0.2, -0.15) is 0 Å². The van der Waals surface area contributed by atoms with E-state index in [0.717, 1.165) is 48.4 Å². The van der Waals surface area contributed by atoms with Gasteiger partial charge in [0.15, 0.2) is 0 Å². The molecule has 0 unspecified atom stereocenters. The van der Waals surface area contributed by atoms with E-state index in [1.807, 2.05) is 12.1 Å². The summed E-state index contributed by atoms with van der Waals surface area (Å²) in [6.45, 7) is 2.90. The molecule has 3 rings (SSSR count). The quantitative estimate of drug-likeness (QED) is 0.801. The molecule has 1 aliphatic heterocycles. The topological polar surface area (TPSA) is 35.0 Å². The molecule has 0 spiro atoms. The number of hydrogen-bond acceptors (Lipinski definition) is 3. The molecule has 0 N–H and O–H groups in total. The summed E-state index contributed by atoms with van der Waals surface area (Å²) in [5.41, 5.74) is 4.31. The van der Waals surface area contributed by atoms with Gasteiger partial charge < -0.3 is 4.74 Å². The van der Waals surface area contributed by atoms with Crippen molar-refractivity contribution in [2.75, 3.05) is 6.61 Å². The first-order chi connectivity index (χ1) is 9.29. The number of rotatable bonds is 3. The van der Waals surface area contributed by atoms with Crippen molar-refractivity contribution in [1.29, 1.82) is 0 Å². The fourth-order valence-electron chi connectivity index (χ4n) is 2.45. The average molecular weight is 275 g/mol. The van der Waals surface area contributed by atoms with Crippen LogP contribution in [-0.2, 0) is 12.8 Å². The van der Waals surface area contributed by atoms with Crippen LogP contribution in [0.3, 0.4) is 0 Å². The zero-order chi connectivity index (χ0) is 13.2. The van der Waals surface area contributed by atoms with Crippen LogP contribution in [0.1, 0.15) is 24.5 Å². The fourth-order valence-corrected chi connectivity index (χ4v) is 2.67. The van der Waals surface area contributed by atoms with Gasteiger partial charge in [0.1, 0.15) is 17.2 Å². The molecular formula is C15H15ClN2O. The second-order valence-electron chi connectivity index (χ2n) is 4.66.